The van der Waals surface area contributed by atoms with E-state index in [0.717, 1.165) is 0 Å². The topological polar surface area (TPSA) is 123 Å². The van der Waals surface area contributed by atoms with E-state index in [1.165, 1.54) is 29.2 Å². The van der Waals surface area contributed by atoms with Gasteiger partial charge in [0, 0.05) is 30.8 Å². The van der Waals surface area contributed by atoms with Crippen LogP contribution in [0.5, 0.6) is 0 Å². The van der Waals surface area contributed by atoms with Crippen molar-refractivity contribution in [2.45, 2.75) is 39.3 Å². The molecule has 0 saturated carbocycles. The van der Waals surface area contributed by atoms with Crippen molar-refractivity contribution in [3.8, 4) is 0 Å². The molecule has 1 unspecified atom stereocenters. The zero-order chi connectivity index (χ0) is 22.7. The van der Waals surface area contributed by atoms with Crippen molar-refractivity contribution in [1.29, 1.82) is 0 Å². The lowest BCUT2D eigenvalue weighted by Crippen LogP contribution is -2.31. The summed E-state index contributed by atoms with van der Waals surface area (Å²) in [6.07, 6.45) is 0.542. The Morgan fingerprint density at radius 1 is 1.23 bits per heavy atom. The van der Waals surface area contributed by atoms with Gasteiger partial charge in [-0.25, -0.2) is 0 Å². The lowest BCUT2D eigenvalue weighted by Gasteiger charge is -2.23. The standard InChI is InChI=1S/C22H24N2O7/c1-13(2)30-12-4-11-23-19(17-10-5-14(3)31-17)18(21(26)22(23)27)20(25)15-6-8-16(9-7-15)24(28)29/h5-10,13,19,25H,4,11-12H2,1-3H3/b20-18-. The first-order valence-corrected chi connectivity index (χ1v) is 9.92. The van der Waals surface area contributed by atoms with Crippen LogP contribution >= 0.6 is 0 Å². The average Bonchev–Trinajstić information content (AvgIpc) is 3.26. The van der Waals surface area contributed by atoms with Crippen LogP contribution in [0, 0.1) is 17.0 Å². The predicted molar refractivity (Wildman–Crippen MR) is 111 cm³/mol. The number of carbonyl (C=O) groups excluding carboxylic acids is 2. The predicted octanol–water partition coefficient (Wildman–Crippen LogP) is 3.73. The number of aryl methyl sites for hydroxylation is 1. The number of ketones is 1. The Morgan fingerprint density at radius 2 is 1.90 bits per heavy atom. The molecule has 2 aromatic rings. The van der Waals surface area contributed by atoms with Gasteiger partial charge in [-0.05, 0) is 51.5 Å². The van der Waals surface area contributed by atoms with Gasteiger partial charge < -0.3 is 19.2 Å². The Bertz CT molecular complexity index is 1020. The minimum Gasteiger partial charge on any atom is -0.507 e. The van der Waals surface area contributed by atoms with Gasteiger partial charge in [-0.2, -0.15) is 0 Å². The fraction of sp³-hybridized carbons (Fsp3) is 0.364. The van der Waals surface area contributed by atoms with Crippen LogP contribution < -0.4 is 0 Å². The molecule has 1 amide bonds. The van der Waals surface area contributed by atoms with Gasteiger partial charge in [0.05, 0.1) is 16.6 Å². The molecule has 0 radical (unpaired) electrons. The quantitative estimate of drug-likeness (QED) is 0.170. The normalized spacial score (nSPS) is 18.2. The first kappa shape index (κ1) is 22.2. The Hall–Kier alpha value is -3.46. The van der Waals surface area contributed by atoms with Crippen LogP contribution in [-0.2, 0) is 14.3 Å². The first-order chi connectivity index (χ1) is 14.7. The second kappa shape index (κ2) is 9.13. The minimum atomic E-state index is -0.900. The number of hydrogen-bond acceptors (Lipinski definition) is 7. The Kier molecular flexibility index (Phi) is 6.55. The van der Waals surface area contributed by atoms with E-state index >= 15 is 0 Å². The largest absolute Gasteiger partial charge is 0.507 e. The number of amides is 1. The number of Topliss-reactive ketones (excluding diaryl/α,β-unsaturated/α-hetero) is 1. The Morgan fingerprint density at radius 3 is 2.45 bits per heavy atom. The molecule has 1 fully saturated rings. The van der Waals surface area contributed by atoms with Crippen LogP contribution in [0.4, 0.5) is 5.69 Å². The number of aliphatic hydroxyl groups excluding tert-OH is 1. The first-order valence-electron chi connectivity index (χ1n) is 9.92. The molecule has 2 heterocycles. The number of nitro benzene ring substituents is 1. The van der Waals surface area contributed by atoms with E-state index in [9.17, 15) is 24.8 Å². The maximum Gasteiger partial charge on any atom is 0.295 e. The second-order valence-corrected chi connectivity index (χ2v) is 7.52. The smallest absolute Gasteiger partial charge is 0.295 e. The lowest BCUT2D eigenvalue weighted by molar-refractivity contribution is -0.384. The molecule has 1 saturated heterocycles. The second-order valence-electron chi connectivity index (χ2n) is 7.52. The summed E-state index contributed by atoms with van der Waals surface area (Å²) in [6, 6.07) is 7.59. The minimum absolute atomic E-state index is 0.0427. The number of carbonyl (C=O) groups is 2. The van der Waals surface area contributed by atoms with Crippen molar-refractivity contribution in [3.63, 3.8) is 0 Å². The molecule has 0 bridgehead atoms. The highest BCUT2D eigenvalue weighted by molar-refractivity contribution is 6.46. The van der Waals surface area contributed by atoms with Crippen LogP contribution in [0.15, 0.2) is 46.4 Å². The summed E-state index contributed by atoms with van der Waals surface area (Å²) in [4.78, 5) is 37.3. The molecule has 3 rings (SSSR count). The molecule has 0 aliphatic carbocycles. The van der Waals surface area contributed by atoms with Crippen molar-refractivity contribution >= 4 is 23.1 Å². The van der Waals surface area contributed by atoms with E-state index < -0.39 is 28.4 Å². The number of nitro groups is 1. The van der Waals surface area contributed by atoms with Crippen LogP contribution in [-0.4, -0.2) is 45.9 Å². The van der Waals surface area contributed by atoms with E-state index in [1.807, 2.05) is 13.8 Å². The van der Waals surface area contributed by atoms with E-state index in [1.54, 1.807) is 19.1 Å². The molecule has 9 heteroatoms. The fourth-order valence-electron chi connectivity index (χ4n) is 3.46. The number of likely N-dealkylation sites (tertiary alicyclic amines) is 1. The Labute approximate surface area is 179 Å². The molecule has 164 valence electrons. The van der Waals surface area contributed by atoms with Crippen molar-refractivity contribution in [2.75, 3.05) is 13.2 Å². The Balaban J connectivity index is 2.00. The number of nitrogens with zero attached hydrogens (tertiary/aromatic N) is 2. The van der Waals surface area contributed by atoms with Crippen LogP contribution in [0.1, 0.15) is 43.4 Å². The highest BCUT2D eigenvalue weighted by atomic mass is 16.6. The molecule has 31 heavy (non-hydrogen) atoms. The van der Waals surface area contributed by atoms with Gasteiger partial charge in [-0.1, -0.05) is 0 Å². The monoisotopic (exact) mass is 428 g/mol. The number of non-ortho nitro benzene ring substituents is 1. The summed E-state index contributed by atoms with van der Waals surface area (Å²) in [5.74, 6) is -1.04. The summed E-state index contributed by atoms with van der Waals surface area (Å²) < 4.78 is 11.2. The number of aliphatic hydroxyl groups is 1. The molecular weight excluding hydrogens is 404 g/mol. The van der Waals surface area contributed by atoms with Crippen molar-refractivity contribution in [2.24, 2.45) is 0 Å². The van der Waals surface area contributed by atoms with E-state index in [2.05, 4.69) is 0 Å². The van der Waals surface area contributed by atoms with E-state index in [-0.39, 0.29) is 29.5 Å². The average molecular weight is 428 g/mol. The number of rotatable bonds is 8. The maximum atomic E-state index is 12.8. The van der Waals surface area contributed by atoms with Crippen molar-refractivity contribution in [3.05, 3.63) is 69.2 Å². The van der Waals surface area contributed by atoms with Crippen molar-refractivity contribution in [1.82, 2.24) is 4.90 Å². The number of hydrogen-bond donors (Lipinski definition) is 1. The maximum absolute atomic E-state index is 12.8. The van der Waals surface area contributed by atoms with Gasteiger partial charge in [0.25, 0.3) is 17.4 Å². The summed E-state index contributed by atoms with van der Waals surface area (Å²) in [5, 5.41) is 21.8. The molecule has 1 atom stereocenters. The third-order valence-corrected chi connectivity index (χ3v) is 4.92. The number of benzene rings is 1. The summed E-state index contributed by atoms with van der Waals surface area (Å²) in [6.45, 7) is 6.19. The van der Waals surface area contributed by atoms with Crippen LogP contribution in [0.25, 0.3) is 5.76 Å². The zero-order valence-electron chi connectivity index (χ0n) is 17.5. The van der Waals surface area contributed by atoms with Crippen molar-refractivity contribution < 1.29 is 28.8 Å². The highest BCUT2D eigenvalue weighted by Crippen LogP contribution is 2.40. The SMILES string of the molecule is Cc1ccc(C2/C(=C(/O)c3ccc([N+](=O)[O-])cc3)C(=O)C(=O)N2CCCOC(C)C)o1. The molecule has 1 aromatic carbocycles. The summed E-state index contributed by atoms with van der Waals surface area (Å²) in [7, 11) is 0. The van der Waals surface area contributed by atoms with Crippen LogP contribution in [0.3, 0.4) is 0 Å². The molecule has 1 aliphatic heterocycles. The van der Waals surface area contributed by atoms with Gasteiger partial charge >= 0.3 is 0 Å². The molecule has 9 nitrogen and oxygen atoms in total. The molecule has 0 spiro atoms. The van der Waals surface area contributed by atoms with Crippen LogP contribution in [0.2, 0.25) is 0 Å². The van der Waals surface area contributed by atoms with Gasteiger partial charge in [0.1, 0.15) is 23.3 Å². The third-order valence-electron chi connectivity index (χ3n) is 4.92. The molecule has 1 aliphatic rings. The highest BCUT2D eigenvalue weighted by Gasteiger charge is 2.47. The third kappa shape index (κ3) is 4.66. The molecular formula is C22H24N2O7. The molecule has 1 N–H and O–H groups in total. The number of furan rings is 1. The molecule has 1 aromatic heterocycles. The van der Waals surface area contributed by atoms with E-state index in [0.29, 0.717) is 24.5 Å². The fourth-order valence-corrected chi connectivity index (χ4v) is 3.46. The number of ether oxygens (including phenoxy) is 1. The zero-order valence-corrected chi connectivity index (χ0v) is 17.5. The van der Waals surface area contributed by atoms with Gasteiger partial charge in [-0.15, -0.1) is 0 Å². The van der Waals surface area contributed by atoms with Gasteiger partial charge in [-0.3, -0.25) is 19.7 Å². The van der Waals surface area contributed by atoms with E-state index in [4.69, 9.17) is 9.15 Å². The van der Waals surface area contributed by atoms with Gasteiger partial charge in [0.2, 0.25) is 0 Å². The summed E-state index contributed by atoms with van der Waals surface area (Å²) >= 11 is 0. The summed E-state index contributed by atoms with van der Waals surface area (Å²) in [5.41, 5.74) is -0.0710. The van der Waals surface area contributed by atoms with Gasteiger partial charge in [0.15, 0.2) is 0 Å². The lowest BCUT2D eigenvalue weighted by atomic mass is 9.99.